The summed E-state index contributed by atoms with van der Waals surface area (Å²) in [4.78, 5) is 31.6. The lowest BCUT2D eigenvalue weighted by Gasteiger charge is -2.35. The molecule has 200 valence electrons. The molecule has 1 aliphatic heterocycles. The van der Waals surface area contributed by atoms with Crippen molar-refractivity contribution in [2.75, 3.05) is 19.6 Å². The molecular weight excluding hydrogens is 493 g/mol. The minimum absolute atomic E-state index is 0.00479. The first-order valence-electron chi connectivity index (χ1n) is 13.1. The monoisotopic (exact) mass is 524 g/mol. The van der Waals surface area contributed by atoms with Crippen LogP contribution in [0.3, 0.4) is 0 Å². The number of pyridine rings is 1. The maximum atomic E-state index is 12.9. The average molecular weight is 525 g/mol. The van der Waals surface area contributed by atoms with Crippen LogP contribution in [0.4, 0.5) is 13.2 Å². The third-order valence-corrected chi connectivity index (χ3v) is 7.78. The van der Waals surface area contributed by atoms with Gasteiger partial charge in [0.15, 0.2) is 0 Å². The fourth-order valence-corrected chi connectivity index (χ4v) is 5.84. The van der Waals surface area contributed by atoms with Crippen LogP contribution in [0.2, 0.25) is 0 Å². The number of likely N-dealkylation sites (tertiary alicyclic amines) is 1. The highest BCUT2D eigenvalue weighted by Gasteiger charge is 2.33. The lowest BCUT2D eigenvalue weighted by molar-refractivity contribution is -0.137. The van der Waals surface area contributed by atoms with Crippen LogP contribution in [0.1, 0.15) is 59.5 Å². The van der Waals surface area contributed by atoms with Crippen molar-refractivity contribution in [1.82, 2.24) is 20.5 Å². The van der Waals surface area contributed by atoms with Gasteiger partial charge in [-0.2, -0.15) is 13.2 Å². The highest BCUT2D eigenvalue weighted by molar-refractivity contribution is 5.96. The average Bonchev–Trinajstić information content (AvgIpc) is 3.39. The van der Waals surface area contributed by atoms with Crippen LogP contribution in [0.5, 0.6) is 0 Å². The predicted molar refractivity (Wildman–Crippen MR) is 139 cm³/mol. The van der Waals surface area contributed by atoms with Crippen LogP contribution in [0.25, 0.3) is 10.9 Å². The molecule has 6 nitrogen and oxygen atoms in total. The molecule has 0 bridgehead atoms. The number of halogens is 3. The maximum Gasteiger partial charge on any atom is 0.416 e. The number of nitrogens with one attached hydrogen (secondary N) is 2. The van der Waals surface area contributed by atoms with Crippen molar-refractivity contribution in [3.05, 3.63) is 77.5 Å². The number of nitrogens with zero attached hydrogens (tertiary/aromatic N) is 2. The molecule has 0 unspecified atom stereocenters. The van der Waals surface area contributed by atoms with E-state index in [1.54, 1.807) is 0 Å². The van der Waals surface area contributed by atoms with Gasteiger partial charge in [0.1, 0.15) is 0 Å². The third kappa shape index (κ3) is 5.99. The molecule has 0 spiro atoms. The molecule has 9 heteroatoms. The number of alkyl halides is 3. The van der Waals surface area contributed by atoms with E-state index in [0.717, 1.165) is 62.8 Å². The Labute approximate surface area is 219 Å². The molecule has 1 saturated heterocycles. The van der Waals surface area contributed by atoms with Gasteiger partial charge in [-0.25, -0.2) is 0 Å². The Balaban J connectivity index is 1.07. The van der Waals surface area contributed by atoms with Crippen molar-refractivity contribution >= 4 is 22.7 Å². The quantitative estimate of drug-likeness (QED) is 0.481. The van der Waals surface area contributed by atoms with Crippen LogP contribution in [0, 0.1) is 0 Å². The molecule has 0 radical (unpaired) electrons. The van der Waals surface area contributed by atoms with E-state index < -0.39 is 17.6 Å². The van der Waals surface area contributed by atoms with Crippen molar-refractivity contribution in [3.8, 4) is 0 Å². The molecule has 2 amide bonds. The summed E-state index contributed by atoms with van der Waals surface area (Å²) in [5.74, 6) is -0.527. The van der Waals surface area contributed by atoms with Gasteiger partial charge in [0.05, 0.1) is 17.6 Å². The fourth-order valence-electron chi connectivity index (χ4n) is 5.84. The first kappa shape index (κ1) is 26.2. The van der Waals surface area contributed by atoms with E-state index in [0.29, 0.717) is 12.0 Å². The summed E-state index contributed by atoms with van der Waals surface area (Å²) < 4.78 is 38.7. The van der Waals surface area contributed by atoms with Crippen LogP contribution < -0.4 is 10.6 Å². The van der Waals surface area contributed by atoms with E-state index in [-0.39, 0.29) is 24.1 Å². The molecule has 1 atom stereocenters. The molecule has 2 aromatic carbocycles. The van der Waals surface area contributed by atoms with E-state index in [9.17, 15) is 22.8 Å². The van der Waals surface area contributed by atoms with Crippen LogP contribution >= 0.6 is 0 Å². The normalized spacial score (nSPS) is 22.3. The third-order valence-electron chi connectivity index (χ3n) is 7.78. The minimum Gasteiger partial charge on any atom is -0.350 e. The van der Waals surface area contributed by atoms with E-state index in [1.807, 2.05) is 12.3 Å². The fraction of sp³-hybridized carbons (Fsp3) is 0.414. The van der Waals surface area contributed by atoms with Crippen molar-refractivity contribution in [2.24, 2.45) is 0 Å². The van der Waals surface area contributed by atoms with Crippen LogP contribution in [-0.2, 0) is 11.0 Å². The molecule has 5 rings (SSSR count). The Kier molecular flexibility index (Phi) is 7.65. The molecule has 2 heterocycles. The van der Waals surface area contributed by atoms with Gasteiger partial charge in [-0.1, -0.05) is 24.3 Å². The second kappa shape index (κ2) is 11.1. The Morgan fingerprint density at radius 2 is 1.76 bits per heavy atom. The summed E-state index contributed by atoms with van der Waals surface area (Å²) in [5, 5.41) is 6.62. The van der Waals surface area contributed by atoms with E-state index >= 15 is 0 Å². The van der Waals surface area contributed by atoms with Crippen molar-refractivity contribution in [3.63, 3.8) is 0 Å². The molecule has 3 aromatic rings. The summed E-state index contributed by atoms with van der Waals surface area (Å²) in [6.45, 7) is 1.40. The zero-order valence-electron chi connectivity index (χ0n) is 21.0. The van der Waals surface area contributed by atoms with Crippen molar-refractivity contribution in [2.45, 2.75) is 56.3 Å². The minimum atomic E-state index is -4.53. The van der Waals surface area contributed by atoms with Gasteiger partial charge in [-0.05, 0) is 73.9 Å². The highest BCUT2D eigenvalue weighted by atomic mass is 19.4. The molecule has 1 aromatic heterocycles. The van der Waals surface area contributed by atoms with E-state index in [4.69, 9.17) is 0 Å². The van der Waals surface area contributed by atoms with Crippen LogP contribution in [0.15, 0.2) is 60.8 Å². The number of amides is 2. The van der Waals surface area contributed by atoms with E-state index in [1.165, 1.54) is 23.1 Å². The number of hydrogen-bond donors (Lipinski definition) is 2. The topological polar surface area (TPSA) is 74.3 Å². The highest BCUT2D eigenvalue weighted by Crippen LogP contribution is 2.38. The summed E-state index contributed by atoms with van der Waals surface area (Å²) in [6.07, 6.45) is 2.65. The van der Waals surface area contributed by atoms with E-state index in [2.05, 4.69) is 44.8 Å². The predicted octanol–water partition coefficient (Wildman–Crippen LogP) is 4.90. The lowest BCUT2D eigenvalue weighted by Crippen LogP contribution is -2.44. The molecule has 1 aliphatic carbocycles. The van der Waals surface area contributed by atoms with Crippen molar-refractivity contribution < 1.29 is 22.8 Å². The number of fused-ring (bicyclic) bond motifs is 1. The van der Waals surface area contributed by atoms with Crippen LogP contribution in [-0.4, -0.2) is 53.4 Å². The largest absolute Gasteiger partial charge is 0.416 e. The lowest BCUT2D eigenvalue weighted by atomic mass is 9.80. The number of carbonyl (C=O) groups is 2. The van der Waals surface area contributed by atoms with Gasteiger partial charge < -0.3 is 10.6 Å². The zero-order chi connectivity index (χ0) is 26.7. The summed E-state index contributed by atoms with van der Waals surface area (Å²) in [7, 11) is 0. The maximum absolute atomic E-state index is 12.9. The van der Waals surface area contributed by atoms with Gasteiger partial charge in [0, 0.05) is 42.3 Å². The number of carbonyl (C=O) groups excluding carboxylic acids is 2. The second-order valence-corrected chi connectivity index (χ2v) is 10.2. The number of hydrogen-bond acceptors (Lipinski definition) is 4. The number of aromatic nitrogens is 1. The number of rotatable bonds is 6. The van der Waals surface area contributed by atoms with Gasteiger partial charge >= 0.3 is 6.18 Å². The Bertz CT molecular complexity index is 1300. The number of para-hydroxylation sites is 1. The Morgan fingerprint density at radius 1 is 0.974 bits per heavy atom. The first-order chi connectivity index (χ1) is 18.3. The molecule has 2 aliphatic rings. The SMILES string of the molecule is O=C(CNC(=O)c1cccc(C(F)(F)F)c1)N[C@@H]1CCN(C2CCC(c3ccnc4ccccc34)CC2)C1. The smallest absolute Gasteiger partial charge is 0.350 e. The summed E-state index contributed by atoms with van der Waals surface area (Å²) in [6, 6.07) is 15.1. The molecule has 38 heavy (non-hydrogen) atoms. The Hall–Kier alpha value is -3.46. The standard InChI is InChI=1S/C29H31F3N4O2/c30-29(31,32)21-5-3-4-20(16-21)28(38)34-17-27(37)35-22-13-15-36(18-22)23-10-8-19(9-11-23)24-12-14-33-26-7-2-1-6-25(24)26/h1-7,12,14,16,19,22-23H,8-11,13,15,17-18H2,(H,34,38)(H,35,37)/t19?,22-,23?/m1/s1. The zero-order valence-corrected chi connectivity index (χ0v) is 21.0. The number of benzene rings is 2. The second-order valence-electron chi connectivity index (χ2n) is 10.2. The summed E-state index contributed by atoms with van der Waals surface area (Å²) in [5.41, 5.74) is 1.39. The first-order valence-corrected chi connectivity index (χ1v) is 13.1. The molecular formula is C29H31F3N4O2. The van der Waals surface area contributed by atoms with Gasteiger partial charge in [0.25, 0.3) is 5.91 Å². The summed E-state index contributed by atoms with van der Waals surface area (Å²) >= 11 is 0. The van der Waals surface area contributed by atoms with Crippen molar-refractivity contribution in [1.29, 1.82) is 0 Å². The Morgan fingerprint density at radius 3 is 2.55 bits per heavy atom. The van der Waals surface area contributed by atoms with Gasteiger partial charge in [0.2, 0.25) is 5.91 Å². The molecule has 2 fully saturated rings. The van der Waals surface area contributed by atoms with Gasteiger partial charge in [-0.3, -0.25) is 19.5 Å². The molecule has 2 N–H and O–H groups in total. The van der Waals surface area contributed by atoms with Gasteiger partial charge in [-0.15, -0.1) is 0 Å². The molecule has 1 saturated carbocycles.